The topological polar surface area (TPSA) is 26.3 Å². The molecule has 1 saturated heterocycles. The lowest BCUT2D eigenvalue weighted by atomic mass is 9.57. The Kier molecular flexibility index (Phi) is 4.34. The first kappa shape index (κ1) is 13.9. The van der Waals surface area contributed by atoms with E-state index in [2.05, 4.69) is 20.8 Å². The van der Waals surface area contributed by atoms with E-state index in [9.17, 15) is 4.79 Å². The van der Waals surface area contributed by atoms with Crippen LogP contribution in [0.15, 0.2) is 0 Å². The molecule has 1 aliphatic heterocycles. The molecule has 1 heterocycles. The Labute approximate surface area is 111 Å². The van der Waals surface area contributed by atoms with Gasteiger partial charge in [-0.25, -0.2) is 0 Å². The number of ether oxygens (including phenoxy) is 1. The quantitative estimate of drug-likeness (QED) is 0.689. The summed E-state index contributed by atoms with van der Waals surface area (Å²) in [5.41, 5.74) is 0.473. The molecule has 0 spiro atoms. The van der Waals surface area contributed by atoms with Gasteiger partial charge >= 0.3 is 5.97 Å². The van der Waals surface area contributed by atoms with Gasteiger partial charge in [0.1, 0.15) is 0 Å². The van der Waals surface area contributed by atoms with Crippen LogP contribution in [0.2, 0.25) is 0 Å². The fourth-order valence-electron chi connectivity index (χ4n) is 4.16. The van der Waals surface area contributed by atoms with Crippen molar-refractivity contribution in [3.63, 3.8) is 0 Å². The second-order valence-electron chi connectivity index (χ2n) is 6.82. The van der Waals surface area contributed by atoms with Gasteiger partial charge < -0.3 is 4.74 Å². The minimum absolute atomic E-state index is 0.0144. The molecule has 2 rings (SSSR count). The first-order valence-corrected chi connectivity index (χ1v) is 7.70. The molecule has 2 nitrogen and oxygen atoms in total. The summed E-state index contributed by atoms with van der Waals surface area (Å²) < 4.78 is 5.23. The molecule has 1 aliphatic carbocycles. The molecule has 2 aliphatic rings. The Balaban J connectivity index is 2.11. The minimum atomic E-state index is 0.0144. The maximum absolute atomic E-state index is 11.4. The molecule has 0 radical (unpaired) electrons. The molecule has 1 atom stereocenters. The second kappa shape index (κ2) is 5.63. The molecule has 2 heteroatoms. The highest BCUT2D eigenvalue weighted by atomic mass is 16.5. The van der Waals surface area contributed by atoms with E-state index in [1.54, 1.807) is 0 Å². The summed E-state index contributed by atoms with van der Waals surface area (Å²) in [6.45, 7) is 7.78. The maximum atomic E-state index is 11.4. The van der Waals surface area contributed by atoms with Crippen molar-refractivity contribution in [2.75, 3.05) is 6.61 Å². The van der Waals surface area contributed by atoms with Gasteiger partial charge in [0.05, 0.1) is 6.61 Å². The molecule has 0 N–H and O–H groups in total. The van der Waals surface area contributed by atoms with Crippen LogP contribution in [0.1, 0.15) is 65.7 Å². The largest absolute Gasteiger partial charge is 0.466 e. The fourth-order valence-corrected chi connectivity index (χ4v) is 4.16. The Bertz CT molecular complexity index is 287. The third-order valence-electron chi connectivity index (χ3n) is 5.59. The Morgan fingerprint density at radius 2 is 1.83 bits per heavy atom. The highest BCUT2D eigenvalue weighted by Crippen LogP contribution is 2.52. The van der Waals surface area contributed by atoms with Crippen LogP contribution in [0, 0.1) is 23.2 Å². The van der Waals surface area contributed by atoms with Crippen LogP contribution in [-0.4, -0.2) is 12.6 Å². The van der Waals surface area contributed by atoms with Crippen LogP contribution in [0.4, 0.5) is 0 Å². The molecule has 1 saturated carbocycles. The van der Waals surface area contributed by atoms with E-state index in [4.69, 9.17) is 4.74 Å². The summed E-state index contributed by atoms with van der Waals surface area (Å²) in [7, 11) is 0. The van der Waals surface area contributed by atoms with Crippen molar-refractivity contribution in [2.45, 2.75) is 65.7 Å². The fraction of sp³-hybridized carbons (Fsp3) is 0.938. The summed E-state index contributed by atoms with van der Waals surface area (Å²) in [5.74, 6) is 2.32. The third-order valence-corrected chi connectivity index (χ3v) is 5.59. The maximum Gasteiger partial charge on any atom is 0.305 e. The van der Waals surface area contributed by atoms with E-state index < -0.39 is 0 Å². The van der Waals surface area contributed by atoms with E-state index >= 15 is 0 Å². The molecule has 2 fully saturated rings. The number of carbonyl (C=O) groups excluding carboxylic acids is 1. The van der Waals surface area contributed by atoms with Gasteiger partial charge in [0.25, 0.3) is 0 Å². The van der Waals surface area contributed by atoms with Gasteiger partial charge in [0.15, 0.2) is 0 Å². The lowest BCUT2D eigenvalue weighted by Gasteiger charge is -2.48. The zero-order chi connectivity index (χ0) is 13.2. The minimum Gasteiger partial charge on any atom is -0.466 e. The molecule has 1 unspecified atom stereocenters. The Morgan fingerprint density at radius 3 is 2.44 bits per heavy atom. The van der Waals surface area contributed by atoms with E-state index in [0.717, 1.165) is 24.7 Å². The van der Waals surface area contributed by atoms with E-state index in [1.165, 1.54) is 25.7 Å². The normalized spacial score (nSPS) is 38.3. The van der Waals surface area contributed by atoms with Gasteiger partial charge in [0, 0.05) is 6.42 Å². The van der Waals surface area contributed by atoms with Gasteiger partial charge in [0.2, 0.25) is 0 Å². The molecule has 0 aromatic rings. The monoisotopic (exact) mass is 252 g/mol. The lowest BCUT2D eigenvalue weighted by molar-refractivity contribution is -0.142. The van der Waals surface area contributed by atoms with Crippen molar-refractivity contribution < 1.29 is 9.53 Å². The van der Waals surface area contributed by atoms with Crippen LogP contribution < -0.4 is 0 Å². The molecule has 0 aromatic heterocycles. The van der Waals surface area contributed by atoms with Gasteiger partial charge in [-0.05, 0) is 48.9 Å². The Hall–Kier alpha value is -0.530. The van der Waals surface area contributed by atoms with Crippen molar-refractivity contribution in [2.24, 2.45) is 23.2 Å². The number of cyclic esters (lactones) is 1. The van der Waals surface area contributed by atoms with Crippen LogP contribution in [0.5, 0.6) is 0 Å². The average Bonchev–Trinajstić information content (AvgIpc) is 2.55. The SMILES string of the molecule is CC1CCC(C(C)C)(C2CCOC(=O)CC2)CC1. The van der Waals surface area contributed by atoms with E-state index in [1.807, 2.05) is 0 Å². The van der Waals surface area contributed by atoms with Crippen molar-refractivity contribution >= 4 is 5.97 Å². The number of esters is 1. The molecular weight excluding hydrogens is 224 g/mol. The summed E-state index contributed by atoms with van der Waals surface area (Å²) in [6.07, 6.45) is 8.20. The number of rotatable bonds is 2. The van der Waals surface area contributed by atoms with Crippen LogP contribution in [0.3, 0.4) is 0 Å². The van der Waals surface area contributed by atoms with Crippen molar-refractivity contribution in [3.8, 4) is 0 Å². The summed E-state index contributed by atoms with van der Waals surface area (Å²) in [6, 6.07) is 0. The highest BCUT2D eigenvalue weighted by Gasteiger charge is 2.43. The van der Waals surface area contributed by atoms with E-state index in [-0.39, 0.29) is 5.97 Å². The summed E-state index contributed by atoms with van der Waals surface area (Å²) >= 11 is 0. The molecule has 0 bridgehead atoms. The van der Waals surface area contributed by atoms with Crippen molar-refractivity contribution in [3.05, 3.63) is 0 Å². The first-order valence-electron chi connectivity index (χ1n) is 7.70. The molecule has 104 valence electrons. The van der Waals surface area contributed by atoms with Gasteiger partial charge in [-0.1, -0.05) is 33.6 Å². The number of hydrogen-bond donors (Lipinski definition) is 0. The third kappa shape index (κ3) is 2.73. The lowest BCUT2D eigenvalue weighted by Crippen LogP contribution is -2.39. The van der Waals surface area contributed by atoms with Crippen molar-refractivity contribution in [1.29, 1.82) is 0 Å². The predicted molar refractivity (Wildman–Crippen MR) is 73.2 cm³/mol. The van der Waals surface area contributed by atoms with Crippen molar-refractivity contribution in [1.82, 2.24) is 0 Å². The summed E-state index contributed by atoms with van der Waals surface area (Å²) in [5, 5.41) is 0. The second-order valence-corrected chi connectivity index (χ2v) is 6.82. The number of carbonyl (C=O) groups is 1. The average molecular weight is 252 g/mol. The molecule has 18 heavy (non-hydrogen) atoms. The van der Waals surface area contributed by atoms with Gasteiger partial charge in [-0.2, -0.15) is 0 Å². The molecule has 0 aromatic carbocycles. The van der Waals surface area contributed by atoms with Crippen LogP contribution in [0.25, 0.3) is 0 Å². The van der Waals surface area contributed by atoms with Crippen LogP contribution in [-0.2, 0) is 9.53 Å². The smallest absolute Gasteiger partial charge is 0.305 e. The highest BCUT2D eigenvalue weighted by molar-refractivity contribution is 5.69. The number of hydrogen-bond acceptors (Lipinski definition) is 2. The zero-order valence-electron chi connectivity index (χ0n) is 12.2. The van der Waals surface area contributed by atoms with Gasteiger partial charge in [-0.3, -0.25) is 4.79 Å². The Morgan fingerprint density at radius 1 is 1.17 bits per heavy atom. The first-order chi connectivity index (χ1) is 8.54. The van der Waals surface area contributed by atoms with Gasteiger partial charge in [-0.15, -0.1) is 0 Å². The summed E-state index contributed by atoms with van der Waals surface area (Å²) in [4.78, 5) is 11.4. The predicted octanol–water partition coefficient (Wildman–Crippen LogP) is 4.18. The molecular formula is C16H28O2. The molecule has 0 amide bonds. The van der Waals surface area contributed by atoms with E-state index in [0.29, 0.717) is 24.4 Å². The van der Waals surface area contributed by atoms with Crippen LogP contribution >= 0.6 is 0 Å². The zero-order valence-corrected chi connectivity index (χ0v) is 12.2. The standard InChI is InChI=1S/C16H28O2/c1-12(2)16(9-6-13(3)7-10-16)14-4-5-15(17)18-11-8-14/h12-14H,4-11H2,1-3H3.